The van der Waals surface area contributed by atoms with Crippen LogP contribution in [0.5, 0.6) is 0 Å². The molecule has 1 aliphatic carbocycles. The van der Waals surface area contributed by atoms with Crippen LogP contribution in [0.1, 0.15) is 41.7 Å². The van der Waals surface area contributed by atoms with Crippen LogP contribution in [0.4, 0.5) is 0 Å². The summed E-state index contributed by atoms with van der Waals surface area (Å²) < 4.78 is 7.85. The van der Waals surface area contributed by atoms with Crippen molar-refractivity contribution in [2.24, 2.45) is 7.05 Å². The van der Waals surface area contributed by atoms with Gasteiger partial charge in [-0.25, -0.2) is 0 Å². The second-order valence-electron chi connectivity index (χ2n) is 7.56. The molecular formula is C20H26N2O3. The number of aryl methyl sites for hydroxylation is 2. The monoisotopic (exact) mass is 342 g/mol. The summed E-state index contributed by atoms with van der Waals surface area (Å²) in [4.78, 5) is 15.3. The molecule has 4 rings (SSSR count). The van der Waals surface area contributed by atoms with E-state index >= 15 is 0 Å². The zero-order valence-electron chi connectivity index (χ0n) is 15.2. The van der Waals surface area contributed by atoms with Gasteiger partial charge in [0.2, 0.25) is 0 Å². The van der Waals surface area contributed by atoms with Crippen LogP contribution in [-0.4, -0.2) is 51.9 Å². The van der Waals surface area contributed by atoms with Gasteiger partial charge in [-0.2, -0.15) is 0 Å². The molecule has 25 heavy (non-hydrogen) atoms. The Kier molecular flexibility index (Phi) is 3.89. The average Bonchev–Trinajstić information content (AvgIpc) is 3.14. The second kappa shape index (κ2) is 5.85. The van der Waals surface area contributed by atoms with Crippen LogP contribution < -0.4 is 0 Å². The number of likely N-dealkylation sites (tertiary alicyclic amines) is 1. The fourth-order valence-electron chi connectivity index (χ4n) is 4.78. The first kappa shape index (κ1) is 16.6. The van der Waals surface area contributed by atoms with Crippen LogP contribution in [0.25, 0.3) is 10.9 Å². The van der Waals surface area contributed by atoms with Crippen molar-refractivity contribution in [2.75, 3.05) is 13.7 Å². The molecule has 0 radical (unpaired) electrons. The van der Waals surface area contributed by atoms with E-state index in [-0.39, 0.29) is 23.7 Å². The van der Waals surface area contributed by atoms with Crippen LogP contribution in [0.3, 0.4) is 0 Å². The van der Waals surface area contributed by atoms with Gasteiger partial charge in [0.1, 0.15) is 5.69 Å². The van der Waals surface area contributed by atoms with Gasteiger partial charge in [-0.15, -0.1) is 0 Å². The first-order chi connectivity index (χ1) is 12.0. The molecule has 1 saturated heterocycles. The number of hydrogen-bond acceptors (Lipinski definition) is 3. The van der Waals surface area contributed by atoms with E-state index in [9.17, 15) is 9.90 Å². The molecule has 3 atom stereocenters. The van der Waals surface area contributed by atoms with Crippen LogP contribution in [0.2, 0.25) is 0 Å². The van der Waals surface area contributed by atoms with Gasteiger partial charge in [0.05, 0.1) is 17.7 Å². The minimum atomic E-state index is -0.351. The van der Waals surface area contributed by atoms with Crippen molar-refractivity contribution in [1.82, 2.24) is 9.47 Å². The Morgan fingerprint density at radius 3 is 2.88 bits per heavy atom. The maximum atomic E-state index is 13.3. The summed E-state index contributed by atoms with van der Waals surface area (Å²) in [6.45, 7) is 2.75. The normalized spacial score (nSPS) is 29.2. The molecule has 0 spiro atoms. The number of aromatic nitrogens is 1. The predicted molar refractivity (Wildman–Crippen MR) is 96.7 cm³/mol. The van der Waals surface area contributed by atoms with Crippen LogP contribution in [-0.2, 0) is 11.8 Å². The Morgan fingerprint density at radius 2 is 2.16 bits per heavy atom. The van der Waals surface area contributed by atoms with Crippen LogP contribution >= 0.6 is 0 Å². The third kappa shape index (κ3) is 2.41. The molecule has 134 valence electrons. The van der Waals surface area contributed by atoms with Crippen molar-refractivity contribution in [3.05, 3.63) is 35.5 Å². The lowest BCUT2D eigenvalue weighted by Gasteiger charge is -2.42. The smallest absolute Gasteiger partial charge is 0.270 e. The number of aliphatic hydroxyl groups is 1. The number of aliphatic hydroxyl groups excluding tert-OH is 1. The highest BCUT2D eigenvalue weighted by Crippen LogP contribution is 2.43. The molecule has 1 saturated carbocycles. The number of hydrogen-bond donors (Lipinski definition) is 1. The largest absolute Gasteiger partial charge is 0.393 e. The number of methoxy groups -OCH3 is 1. The van der Waals surface area contributed by atoms with Crippen molar-refractivity contribution in [3.8, 4) is 0 Å². The zero-order chi connectivity index (χ0) is 17.8. The molecule has 2 heterocycles. The molecule has 5 nitrogen and oxygen atoms in total. The molecule has 0 unspecified atom stereocenters. The topological polar surface area (TPSA) is 54.7 Å². The zero-order valence-corrected chi connectivity index (χ0v) is 15.2. The maximum absolute atomic E-state index is 13.3. The highest BCUT2D eigenvalue weighted by Gasteiger charge is 2.52. The third-order valence-corrected chi connectivity index (χ3v) is 6.35. The van der Waals surface area contributed by atoms with E-state index in [4.69, 9.17) is 4.74 Å². The first-order valence-electron chi connectivity index (χ1n) is 9.06. The number of amides is 1. The minimum absolute atomic E-state index is 0.0381. The van der Waals surface area contributed by atoms with Gasteiger partial charge >= 0.3 is 0 Å². The lowest BCUT2D eigenvalue weighted by atomic mass is 9.79. The molecule has 0 bridgehead atoms. The number of rotatable bonds is 2. The number of benzene rings is 1. The summed E-state index contributed by atoms with van der Waals surface area (Å²) in [6.07, 6.45) is 2.65. The Morgan fingerprint density at radius 1 is 1.36 bits per heavy atom. The number of fused-ring (bicyclic) bond motifs is 2. The van der Waals surface area contributed by atoms with E-state index in [1.165, 1.54) is 5.56 Å². The predicted octanol–water partition coefficient (Wildman–Crippen LogP) is 2.63. The number of carbonyl (C=O) groups is 1. The van der Waals surface area contributed by atoms with Gasteiger partial charge in [-0.1, -0.05) is 12.1 Å². The van der Waals surface area contributed by atoms with E-state index in [2.05, 4.69) is 13.0 Å². The Labute approximate surface area is 148 Å². The van der Waals surface area contributed by atoms with E-state index < -0.39 is 0 Å². The number of nitrogens with zero attached hydrogens (tertiary/aromatic N) is 2. The number of ether oxygens (including phenoxy) is 1. The van der Waals surface area contributed by atoms with E-state index in [0.29, 0.717) is 18.7 Å². The molecule has 1 aliphatic heterocycles. The highest BCUT2D eigenvalue weighted by molar-refractivity contribution is 5.99. The maximum Gasteiger partial charge on any atom is 0.270 e. The van der Waals surface area contributed by atoms with Crippen molar-refractivity contribution in [2.45, 2.75) is 50.4 Å². The van der Waals surface area contributed by atoms with Gasteiger partial charge in [0.15, 0.2) is 0 Å². The van der Waals surface area contributed by atoms with Crippen molar-refractivity contribution >= 4 is 16.8 Å². The van der Waals surface area contributed by atoms with Crippen LogP contribution in [0.15, 0.2) is 24.3 Å². The van der Waals surface area contributed by atoms with Crippen LogP contribution in [0, 0.1) is 6.92 Å². The molecular weight excluding hydrogens is 316 g/mol. The molecule has 2 aromatic rings. The Hall–Kier alpha value is -1.85. The van der Waals surface area contributed by atoms with Crippen molar-refractivity contribution in [1.29, 1.82) is 0 Å². The fourth-order valence-corrected chi connectivity index (χ4v) is 4.78. The Bertz CT molecular complexity index is 828. The summed E-state index contributed by atoms with van der Waals surface area (Å²) in [5.74, 6) is 0.0381. The summed E-state index contributed by atoms with van der Waals surface area (Å²) in [5, 5.41) is 11.3. The minimum Gasteiger partial charge on any atom is -0.393 e. The summed E-state index contributed by atoms with van der Waals surface area (Å²) in [5.41, 5.74) is 2.66. The lowest BCUT2D eigenvalue weighted by molar-refractivity contribution is -0.0825. The average molecular weight is 342 g/mol. The first-order valence-corrected chi connectivity index (χ1v) is 9.06. The molecule has 1 amide bonds. The van der Waals surface area contributed by atoms with E-state index in [1.54, 1.807) is 7.11 Å². The number of carbonyl (C=O) groups excluding carboxylic acids is 1. The second-order valence-corrected chi connectivity index (χ2v) is 7.56. The van der Waals surface area contributed by atoms with Crippen molar-refractivity contribution in [3.63, 3.8) is 0 Å². The summed E-state index contributed by atoms with van der Waals surface area (Å²) in [6, 6.07) is 8.09. The molecule has 1 aromatic heterocycles. The SMILES string of the molecule is CO[C@@]12CC[C@H](O)C[C@@H]1N(C(=O)c1cc3c(C)cccc3n1C)CC2. The molecule has 2 fully saturated rings. The molecule has 1 N–H and O–H groups in total. The Balaban J connectivity index is 1.72. The lowest BCUT2D eigenvalue weighted by Crippen LogP contribution is -2.53. The molecule has 2 aliphatic rings. The van der Waals surface area contributed by atoms with E-state index in [0.717, 1.165) is 30.2 Å². The molecule has 1 aromatic carbocycles. The van der Waals surface area contributed by atoms with Gasteiger partial charge in [-0.3, -0.25) is 4.79 Å². The van der Waals surface area contributed by atoms with E-state index in [1.807, 2.05) is 34.7 Å². The third-order valence-electron chi connectivity index (χ3n) is 6.35. The summed E-state index contributed by atoms with van der Waals surface area (Å²) >= 11 is 0. The van der Waals surface area contributed by atoms with Gasteiger partial charge < -0.3 is 19.3 Å². The highest BCUT2D eigenvalue weighted by atomic mass is 16.5. The fraction of sp³-hybridized carbons (Fsp3) is 0.550. The van der Waals surface area contributed by atoms with Gasteiger partial charge in [0.25, 0.3) is 5.91 Å². The molecule has 5 heteroatoms. The quantitative estimate of drug-likeness (QED) is 0.913. The van der Waals surface area contributed by atoms with Gasteiger partial charge in [-0.05, 0) is 50.3 Å². The summed E-state index contributed by atoms with van der Waals surface area (Å²) in [7, 11) is 3.68. The van der Waals surface area contributed by atoms with Crippen molar-refractivity contribution < 1.29 is 14.6 Å². The van der Waals surface area contributed by atoms with Gasteiger partial charge in [0, 0.05) is 31.6 Å². The standard InChI is InChI=1S/C20H26N2O3/c1-13-5-4-6-16-15(13)12-17(21(16)2)19(24)22-10-9-20(25-3)8-7-14(23)11-18(20)22/h4-6,12,14,18,23H,7-11H2,1-3H3/t14-,18-,20+/m0/s1.